The van der Waals surface area contributed by atoms with E-state index >= 15 is 0 Å². The second-order valence-electron chi connectivity index (χ2n) is 4.54. The minimum atomic E-state index is -1.03. The minimum Gasteiger partial charge on any atom is -0.480 e. The zero-order valence-corrected chi connectivity index (χ0v) is 8.42. The second kappa shape index (κ2) is 3.66. The Bertz CT molecular complexity index is 193. The summed E-state index contributed by atoms with van der Waals surface area (Å²) in [6.07, 6.45) is 4.15. The summed E-state index contributed by atoms with van der Waals surface area (Å²) >= 11 is 0. The molecule has 1 aliphatic rings. The zero-order chi connectivity index (χ0) is 10.1. The highest BCUT2D eigenvalue weighted by Crippen LogP contribution is 2.34. The van der Waals surface area contributed by atoms with Gasteiger partial charge in [-0.25, -0.2) is 0 Å². The van der Waals surface area contributed by atoms with Crippen LogP contribution in [0.2, 0.25) is 0 Å². The smallest absolute Gasteiger partial charge is 0.323 e. The van der Waals surface area contributed by atoms with Gasteiger partial charge in [0.05, 0.1) is 0 Å². The highest BCUT2D eigenvalue weighted by atomic mass is 16.4. The van der Waals surface area contributed by atoms with E-state index < -0.39 is 11.5 Å². The zero-order valence-electron chi connectivity index (χ0n) is 8.42. The summed E-state index contributed by atoms with van der Waals surface area (Å²) in [4.78, 5) is 10.9. The van der Waals surface area contributed by atoms with Gasteiger partial charge in [-0.1, -0.05) is 19.8 Å². The van der Waals surface area contributed by atoms with E-state index in [-0.39, 0.29) is 5.92 Å². The van der Waals surface area contributed by atoms with Gasteiger partial charge in [0.1, 0.15) is 5.54 Å². The fourth-order valence-corrected chi connectivity index (χ4v) is 2.03. The maximum Gasteiger partial charge on any atom is 0.323 e. The van der Waals surface area contributed by atoms with Gasteiger partial charge in [-0.05, 0) is 31.6 Å². The van der Waals surface area contributed by atoms with E-state index in [9.17, 15) is 4.79 Å². The molecular weight excluding hydrogens is 166 g/mol. The van der Waals surface area contributed by atoms with Gasteiger partial charge in [0.2, 0.25) is 0 Å². The molecule has 0 saturated heterocycles. The second-order valence-corrected chi connectivity index (χ2v) is 4.54. The van der Waals surface area contributed by atoms with Gasteiger partial charge in [-0.3, -0.25) is 4.79 Å². The molecule has 0 unspecified atom stereocenters. The molecule has 3 heteroatoms. The summed E-state index contributed by atoms with van der Waals surface area (Å²) in [5.41, 5.74) is 4.75. The highest BCUT2D eigenvalue weighted by molar-refractivity contribution is 5.78. The maximum atomic E-state index is 10.9. The Labute approximate surface area is 79.3 Å². The average Bonchev–Trinajstić information content (AvgIpc) is 2.04. The molecule has 0 aromatic rings. The van der Waals surface area contributed by atoms with Crippen molar-refractivity contribution in [3.8, 4) is 0 Å². The molecule has 0 bridgehead atoms. The van der Waals surface area contributed by atoms with Crippen molar-refractivity contribution in [1.29, 1.82) is 0 Å². The van der Waals surface area contributed by atoms with Crippen LogP contribution in [0.25, 0.3) is 0 Å². The molecule has 0 aliphatic heterocycles. The van der Waals surface area contributed by atoms with E-state index in [0.29, 0.717) is 0 Å². The van der Waals surface area contributed by atoms with Crippen LogP contribution in [0.1, 0.15) is 39.5 Å². The number of carboxylic acid groups (broad SMARTS) is 1. The summed E-state index contributed by atoms with van der Waals surface area (Å²) in [5, 5.41) is 8.93. The Kier molecular flexibility index (Phi) is 2.96. The van der Waals surface area contributed by atoms with Gasteiger partial charge in [0.25, 0.3) is 0 Å². The largest absolute Gasteiger partial charge is 0.480 e. The lowest BCUT2D eigenvalue weighted by atomic mass is 9.73. The van der Waals surface area contributed by atoms with Crippen molar-refractivity contribution >= 4 is 5.97 Å². The van der Waals surface area contributed by atoms with E-state index in [4.69, 9.17) is 10.8 Å². The fraction of sp³-hybridized carbons (Fsp3) is 0.900. The molecule has 0 radical (unpaired) electrons. The van der Waals surface area contributed by atoms with Gasteiger partial charge >= 0.3 is 5.97 Å². The van der Waals surface area contributed by atoms with Crippen LogP contribution >= 0.6 is 0 Å². The molecule has 76 valence electrons. The third-order valence-corrected chi connectivity index (χ3v) is 3.32. The quantitative estimate of drug-likeness (QED) is 0.687. The molecule has 0 spiro atoms. The number of hydrogen-bond acceptors (Lipinski definition) is 2. The number of hydrogen-bond donors (Lipinski definition) is 2. The highest BCUT2D eigenvalue weighted by Gasteiger charge is 2.38. The Morgan fingerprint density at radius 2 is 1.85 bits per heavy atom. The van der Waals surface area contributed by atoms with Crippen LogP contribution in [0, 0.1) is 11.8 Å². The van der Waals surface area contributed by atoms with Gasteiger partial charge in [-0.2, -0.15) is 0 Å². The molecule has 1 aliphatic carbocycles. The van der Waals surface area contributed by atoms with Crippen molar-refractivity contribution in [2.75, 3.05) is 0 Å². The van der Waals surface area contributed by atoms with Crippen molar-refractivity contribution in [1.82, 2.24) is 0 Å². The fourth-order valence-electron chi connectivity index (χ4n) is 2.03. The lowest BCUT2D eigenvalue weighted by Crippen LogP contribution is -2.52. The summed E-state index contributed by atoms with van der Waals surface area (Å²) in [5.74, 6) is 0.0223. The summed E-state index contributed by atoms with van der Waals surface area (Å²) in [6.45, 7) is 3.85. The Hall–Kier alpha value is -0.570. The molecule has 1 atom stereocenters. The third kappa shape index (κ3) is 2.21. The van der Waals surface area contributed by atoms with E-state index in [1.807, 2.05) is 0 Å². The topological polar surface area (TPSA) is 63.3 Å². The molecule has 1 saturated carbocycles. The molecule has 3 nitrogen and oxygen atoms in total. The Balaban J connectivity index is 2.58. The molecule has 0 aromatic carbocycles. The van der Waals surface area contributed by atoms with Crippen LogP contribution in [0.15, 0.2) is 0 Å². The van der Waals surface area contributed by atoms with Crippen LogP contribution in [0.5, 0.6) is 0 Å². The Morgan fingerprint density at radius 3 is 2.23 bits per heavy atom. The van der Waals surface area contributed by atoms with Gasteiger partial charge < -0.3 is 10.8 Å². The predicted molar refractivity (Wildman–Crippen MR) is 51.4 cm³/mol. The van der Waals surface area contributed by atoms with Crippen molar-refractivity contribution in [2.24, 2.45) is 17.6 Å². The molecule has 1 fully saturated rings. The van der Waals surface area contributed by atoms with E-state index in [0.717, 1.165) is 31.6 Å². The standard InChI is InChI=1S/C10H19NO2/c1-7-3-5-8(6-4-7)10(2,11)9(12)13/h7-8H,3-6,11H2,1-2H3,(H,12,13)/t7?,8?,10-/m0/s1. The van der Waals surface area contributed by atoms with Gasteiger partial charge in [0.15, 0.2) is 0 Å². The number of aliphatic carboxylic acids is 1. The van der Waals surface area contributed by atoms with Crippen LogP contribution in [-0.4, -0.2) is 16.6 Å². The molecule has 0 heterocycles. The average molecular weight is 185 g/mol. The van der Waals surface area contributed by atoms with Crippen molar-refractivity contribution in [3.05, 3.63) is 0 Å². The number of nitrogens with two attached hydrogens (primary N) is 1. The summed E-state index contributed by atoms with van der Waals surface area (Å²) in [6, 6.07) is 0. The first-order valence-electron chi connectivity index (χ1n) is 4.97. The third-order valence-electron chi connectivity index (χ3n) is 3.32. The Morgan fingerprint density at radius 1 is 1.38 bits per heavy atom. The summed E-state index contributed by atoms with van der Waals surface area (Å²) < 4.78 is 0. The molecule has 1 rings (SSSR count). The first-order valence-corrected chi connectivity index (χ1v) is 4.97. The van der Waals surface area contributed by atoms with Gasteiger partial charge in [-0.15, -0.1) is 0 Å². The van der Waals surface area contributed by atoms with Crippen LogP contribution in [0.3, 0.4) is 0 Å². The summed E-state index contributed by atoms with van der Waals surface area (Å²) in [7, 11) is 0. The predicted octanol–water partition coefficient (Wildman–Crippen LogP) is 1.61. The van der Waals surface area contributed by atoms with E-state index in [1.54, 1.807) is 6.92 Å². The lowest BCUT2D eigenvalue weighted by Gasteiger charge is -2.35. The maximum absolute atomic E-state index is 10.9. The number of rotatable bonds is 2. The monoisotopic (exact) mass is 185 g/mol. The SMILES string of the molecule is CC1CCC([C@](C)(N)C(=O)O)CC1. The van der Waals surface area contributed by atoms with Crippen LogP contribution in [-0.2, 0) is 4.79 Å². The first-order chi connectivity index (χ1) is 5.94. The molecule has 13 heavy (non-hydrogen) atoms. The van der Waals surface area contributed by atoms with Crippen molar-refractivity contribution in [3.63, 3.8) is 0 Å². The normalized spacial score (nSPS) is 33.8. The molecule has 3 N–H and O–H groups in total. The molecule has 0 aromatic heterocycles. The minimum absolute atomic E-state index is 0.154. The van der Waals surface area contributed by atoms with Crippen molar-refractivity contribution in [2.45, 2.75) is 45.1 Å². The number of carbonyl (C=O) groups is 1. The molecule has 0 amide bonds. The number of carboxylic acids is 1. The van der Waals surface area contributed by atoms with Crippen molar-refractivity contribution < 1.29 is 9.90 Å². The van der Waals surface area contributed by atoms with Crippen LogP contribution < -0.4 is 5.73 Å². The van der Waals surface area contributed by atoms with Gasteiger partial charge in [0, 0.05) is 0 Å². The lowest BCUT2D eigenvalue weighted by molar-refractivity contribution is -0.145. The van der Waals surface area contributed by atoms with Crippen LogP contribution in [0.4, 0.5) is 0 Å². The van der Waals surface area contributed by atoms with E-state index in [1.165, 1.54) is 0 Å². The molecular formula is C10H19NO2. The first kappa shape index (κ1) is 10.5. The van der Waals surface area contributed by atoms with E-state index in [2.05, 4.69) is 6.92 Å².